The Hall–Kier alpha value is -1.19. The predicted octanol–water partition coefficient (Wildman–Crippen LogP) is 1.12. The van der Waals surface area contributed by atoms with Gasteiger partial charge in [0.05, 0.1) is 13.0 Å². The SMILES string of the molecule is COC(=O)C(CCC(C)=O)CC(C)=O. The van der Waals surface area contributed by atoms with Crippen LogP contribution in [0, 0.1) is 5.92 Å². The third-order valence-electron chi connectivity index (χ3n) is 1.91. The van der Waals surface area contributed by atoms with Crippen molar-refractivity contribution in [1.29, 1.82) is 0 Å². The molecule has 0 bridgehead atoms. The van der Waals surface area contributed by atoms with Crippen molar-refractivity contribution >= 4 is 17.5 Å². The van der Waals surface area contributed by atoms with Gasteiger partial charge in [-0.05, 0) is 20.3 Å². The molecular weight excluding hydrogens is 184 g/mol. The highest BCUT2D eigenvalue weighted by Gasteiger charge is 2.20. The first-order chi connectivity index (χ1) is 6.47. The van der Waals surface area contributed by atoms with Crippen LogP contribution in [-0.4, -0.2) is 24.6 Å². The maximum atomic E-state index is 11.2. The first-order valence-corrected chi connectivity index (χ1v) is 4.54. The molecule has 0 radical (unpaired) electrons. The molecule has 14 heavy (non-hydrogen) atoms. The van der Waals surface area contributed by atoms with Crippen LogP contribution in [0.2, 0.25) is 0 Å². The Balaban J connectivity index is 4.17. The van der Waals surface area contributed by atoms with Crippen molar-refractivity contribution in [3.63, 3.8) is 0 Å². The van der Waals surface area contributed by atoms with E-state index in [1.54, 1.807) is 0 Å². The maximum Gasteiger partial charge on any atom is 0.309 e. The Bertz CT molecular complexity index is 232. The molecule has 1 unspecified atom stereocenters. The summed E-state index contributed by atoms with van der Waals surface area (Å²) in [6.45, 7) is 2.88. The average Bonchev–Trinajstić information content (AvgIpc) is 2.10. The highest BCUT2D eigenvalue weighted by atomic mass is 16.5. The summed E-state index contributed by atoms with van der Waals surface area (Å²) in [6.07, 6.45) is 0.856. The molecule has 0 aromatic carbocycles. The molecule has 0 aromatic rings. The lowest BCUT2D eigenvalue weighted by Gasteiger charge is -2.11. The van der Waals surface area contributed by atoms with E-state index in [-0.39, 0.29) is 18.0 Å². The van der Waals surface area contributed by atoms with E-state index in [4.69, 9.17) is 0 Å². The molecule has 0 aliphatic heterocycles. The molecule has 0 aromatic heterocycles. The number of esters is 1. The topological polar surface area (TPSA) is 60.4 Å². The molecule has 0 rings (SSSR count). The number of ketones is 2. The average molecular weight is 200 g/mol. The second-order valence-corrected chi connectivity index (χ2v) is 3.37. The van der Waals surface area contributed by atoms with Gasteiger partial charge in [0.1, 0.15) is 11.6 Å². The molecule has 80 valence electrons. The van der Waals surface area contributed by atoms with E-state index in [0.29, 0.717) is 12.8 Å². The summed E-state index contributed by atoms with van der Waals surface area (Å²) >= 11 is 0. The van der Waals surface area contributed by atoms with Crippen LogP contribution in [0.25, 0.3) is 0 Å². The molecule has 0 saturated heterocycles. The van der Waals surface area contributed by atoms with Crippen LogP contribution in [0.4, 0.5) is 0 Å². The van der Waals surface area contributed by atoms with E-state index in [2.05, 4.69) is 4.74 Å². The van der Waals surface area contributed by atoms with Gasteiger partial charge in [0.25, 0.3) is 0 Å². The van der Waals surface area contributed by atoms with E-state index < -0.39 is 11.9 Å². The largest absolute Gasteiger partial charge is 0.469 e. The highest BCUT2D eigenvalue weighted by Crippen LogP contribution is 2.13. The standard InChI is InChI=1S/C10H16O4/c1-7(11)4-5-9(6-8(2)12)10(13)14-3/h9H,4-6H2,1-3H3. The van der Waals surface area contributed by atoms with Gasteiger partial charge in [0.15, 0.2) is 0 Å². The minimum absolute atomic E-state index is 0.0162. The monoisotopic (exact) mass is 200 g/mol. The third-order valence-corrected chi connectivity index (χ3v) is 1.91. The molecule has 0 saturated carbocycles. The van der Waals surface area contributed by atoms with Crippen molar-refractivity contribution < 1.29 is 19.1 Å². The number of rotatable bonds is 6. The van der Waals surface area contributed by atoms with Crippen LogP contribution in [-0.2, 0) is 19.1 Å². The zero-order chi connectivity index (χ0) is 11.1. The summed E-state index contributed by atoms with van der Waals surface area (Å²) in [5.41, 5.74) is 0. The summed E-state index contributed by atoms with van der Waals surface area (Å²) in [5.74, 6) is -0.936. The third kappa shape index (κ3) is 5.45. The van der Waals surface area contributed by atoms with E-state index in [0.717, 1.165) is 0 Å². The highest BCUT2D eigenvalue weighted by molar-refractivity contribution is 5.83. The molecular formula is C10H16O4. The van der Waals surface area contributed by atoms with Gasteiger partial charge < -0.3 is 14.3 Å². The number of carbonyl (C=O) groups is 3. The van der Waals surface area contributed by atoms with Crippen molar-refractivity contribution in [2.24, 2.45) is 5.92 Å². The number of ether oxygens (including phenoxy) is 1. The molecule has 1 atom stereocenters. The lowest BCUT2D eigenvalue weighted by atomic mass is 9.96. The van der Waals surface area contributed by atoms with Gasteiger partial charge in [0.2, 0.25) is 0 Å². The smallest absolute Gasteiger partial charge is 0.309 e. The molecule has 4 nitrogen and oxygen atoms in total. The fourth-order valence-corrected chi connectivity index (χ4v) is 1.19. The van der Waals surface area contributed by atoms with E-state index >= 15 is 0 Å². The second-order valence-electron chi connectivity index (χ2n) is 3.37. The number of hydrogen-bond acceptors (Lipinski definition) is 4. The van der Waals surface area contributed by atoms with Crippen LogP contribution in [0.1, 0.15) is 33.1 Å². The van der Waals surface area contributed by atoms with Gasteiger partial charge in [-0.25, -0.2) is 0 Å². The zero-order valence-corrected chi connectivity index (χ0v) is 8.83. The van der Waals surface area contributed by atoms with Gasteiger partial charge in [-0.2, -0.15) is 0 Å². The van der Waals surface area contributed by atoms with E-state index in [1.165, 1.54) is 21.0 Å². The number of hydrogen-bond donors (Lipinski definition) is 0. The summed E-state index contributed by atoms with van der Waals surface area (Å²) in [6, 6.07) is 0. The fraction of sp³-hybridized carbons (Fsp3) is 0.700. The fourth-order valence-electron chi connectivity index (χ4n) is 1.19. The van der Waals surface area contributed by atoms with Crippen LogP contribution in [0.15, 0.2) is 0 Å². The van der Waals surface area contributed by atoms with Crippen LogP contribution < -0.4 is 0 Å². The molecule has 0 heterocycles. The Morgan fingerprint density at radius 1 is 1.14 bits per heavy atom. The number of methoxy groups -OCH3 is 1. The minimum Gasteiger partial charge on any atom is -0.469 e. The van der Waals surface area contributed by atoms with Gasteiger partial charge in [0, 0.05) is 12.8 Å². The van der Waals surface area contributed by atoms with Crippen molar-refractivity contribution in [1.82, 2.24) is 0 Å². The van der Waals surface area contributed by atoms with Gasteiger partial charge in [-0.1, -0.05) is 0 Å². The Morgan fingerprint density at radius 3 is 2.07 bits per heavy atom. The van der Waals surface area contributed by atoms with Gasteiger partial charge >= 0.3 is 5.97 Å². The molecule has 0 spiro atoms. The quantitative estimate of drug-likeness (QED) is 0.603. The summed E-state index contributed by atoms with van der Waals surface area (Å²) in [4.78, 5) is 32.7. The molecule has 4 heteroatoms. The minimum atomic E-state index is -0.471. The van der Waals surface area contributed by atoms with Crippen LogP contribution in [0.3, 0.4) is 0 Å². The van der Waals surface area contributed by atoms with E-state index in [9.17, 15) is 14.4 Å². The Labute approximate surface area is 83.6 Å². The number of Topliss-reactive ketones (excluding diaryl/α,β-unsaturated/α-hetero) is 2. The second kappa shape index (κ2) is 6.29. The van der Waals surface area contributed by atoms with Crippen molar-refractivity contribution in [3.8, 4) is 0 Å². The summed E-state index contributed by atoms with van der Waals surface area (Å²) < 4.78 is 4.54. The Kier molecular flexibility index (Phi) is 5.76. The van der Waals surface area contributed by atoms with Gasteiger partial charge in [-0.3, -0.25) is 4.79 Å². The predicted molar refractivity (Wildman–Crippen MR) is 50.7 cm³/mol. The van der Waals surface area contributed by atoms with E-state index in [1.807, 2.05) is 0 Å². The molecule has 0 aliphatic rings. The lowest BCUT2D eigenvalue weighted by molar-refractivity contribution is -0.147. The van der Waals surface area contributed by atoms with Crippen molar-refractivity contribution in [2.75, 3.05) is 7.11 Å². The molecule has 0 aliphatic carbocycles. The molecule has 0 amide bonds. The number of carbonyl (C=O) groups excluding carboxylic acids is 3. The van der Waals surface area contributed by atoms with Crippen molar-refractivity contribution in [3.05, 3.63) is 0 Å². The van der Waals surface area contributed by atoms with Gasteiger partial charge in [-0.15, -0.1) is 0 Å². The lowest BCUT2D eigenvalue weighted by Crippen LogP contribution is -2.19. The molecule has 0 N–H and O–H groups in total. The van der Waals surface area contributed by atoms with Crippen molar-refractivity contribution in [2.45, 2.75) is 33.1 Å². The zero-order valence-electron chi connectivity index (χ0n) is 8.83. The van der Waals surface area contributed by atoms with Crippen LogP contribution >= 0.6 is 0 Å². The first-order valence-electron chi connectivity index (χ1n) is 4.54. The normalized spacial score (nSPS) is 11.9. The van der Waals surface area contributed by atoms with Crippen LogP contribution in [0.5, 0.6) is 0 Å². The molecule has 0 fully saturated rings. The Morgan fingerprint density at radius 2 is 1.71 bits per heavy atom. The first kappa shape index (κ1) is 12.8. The summed E-state index contributed by atoms with van der Waals surface area (Å²) in [5, 5.41) is 0. The maximum absolute atomic E-state index is 11.2. The summed E-state index contributed by atoms with van der Waals surface area (Å²) in [7, 11) is 1.28.